The third kappa shape index (κ3) is 3.35. The van der Waals surface area contributed by atoms with Crippen molar-refractivity contribution in [2.75, 3.05) is 17.2 Å². The van der Waals surface area contributed by atoms with E-state index in [0.29, 0.717) is 5.92 Å². The Bertz CT molecular complexity index is 623. The molecule has 22 heavy (non-hydrogen) atoms. The molecule has 0 atom stereocenters. The van der Waals surface area contributed by atoms with E-state index >= 15 is 0 Å². The highest BCUT2D eigenvalue weighted by Gasteiger charge is 2.20. The Labute approximate surface area is 137 Å². The van der Waals surface area contributed by atoms with Gasteiger partial charge in [0.1, 0.15) is 12.2 Å². The van der Waals surface area contributed by atoms with E-state index in [4.69, 9.17) is 5.73 Å². The van der Waals surface area contributed by atoms with Gasteiger partial charge in [0.05, 0.1) is 6.54 Å². The minimum atomic E-state index is 0. The van der Waals surface area contributed by atoms with Crippen molar-refractivity contribution in [2.24, 2.45) is 5.92 Å². The summed E-state index contributed by atoms with van der Waals surface area (Å²) in [5, 5.41) is 4.35. The predicted molar refractivity (Wildman–Crippen MR) is 92.3 cm³/mol. The number of hydrogen-bond donors (Lipinski definition) is 1. The van der Waals surface area contributed by atoms with Crippen LogP contribution in [0.5, 0.6) is 0 Å². The van der Waals surface area contributed by atoms with Crippen LogP contribution in [0.2, 0.25) is 0 Å². The molecule has 0 fully saturated rings. The van der Waals surface area contributed by atoms with E-state index in [-0.39, 0.29) is 12.4 Å². The van der Waals surface area contributed by atoms with Crippen molar-refractivity contribution in [1.29, 1.82) is 0 Å². The van der Waals surface area contributed by atoms with Crippen LogP contribution in [0, 0.1) is 5.92 Å². The van der Waals surface area contributed by atoms with Crippen molar-refractivity contribution in [3.63, 3.8) is 0 Å². The third-order valence-corrected chi connectivity index (χ3v) is 3.95. The highest BCUT2D eigenvalue weighted by molar-refractivity contribution is 5.85. The molecule has 3 rings (SSSR count). The number of anilines is 2. The summed E-state index contributed by atoms with van der Waals surface area (Å²) in [5.41, 5.74) is 9.54. The molecule has 1 aromatic carbocycles. The zero-order valence-corrected chi connectivity index (χ0v) is 14.0. The molecule has 2 N–H and O–H groups in total. The van der Waals surface area contributed by atoms with E-state index in [9.17, 15) is 0 Å². The number of nitrogens with zero attached hydrogens (tertiary/aromatic N) is 4. The van der Waals surface area contributed by atoms with Crippen LogP contribution in [0.25, 0.3) is 0 Å². The lowest BCUT2D eigenvalue weighted by molar-refractivity contribution is 0.462. The Kier molecular flexibility index (Phi) is 5.29. The number of fused-ring (bicyclic) bond motifs is 1. The summed E-state index contributed by atoms with van der Waals surface area (Å²) in [7, 11) is 0. The minimum Gasteiger partial charge on any atom is -0.398 e. The van der Waals surface area contributed by atoms with Gasteiger partial charge in [-0.1, -0.05) is 19.9 Å². The fourth-order valence-electron chi connectivity index (χ4n) is 2.97. The van der Waals surface area contributed by atoms with Crippen LogP contribution in [-0.4, -0.2) is 21.3 Å². The first-order valence-corrected chi connectivity index (χ1v) is 7.64. The van der Waals surface area contributed by atoms with Gasteiger partial charge >= 0.3 is 0 Å². The standard InChI is InChI=1S/C16H23N5.ClH/c1-12(2)9-21-16(18-11-19-21)10-20-8-4-5-13-14(17)6-3-7-15(13)20;/h3,6-7,11-12H,4-5,8-10,17H2,1-2H3;1H. The summed E-state index contributed by atoms with van der Waals surface area (Å²) in [5.74, 6) is 1.59. The normalized spacial score (nSPS) is 13.9. The largest absolute Gasteiger partial charge is 0.398 e. The zero-order chi connectivity index (χ0) is 14.8. The molecule has 0 amide bonds. The number of rotatable bonds is 4. The molecule has 1 aliphatic heterocycles. The molecule has 0 unspecified atom stereocenters. The molecule has 0 saturated heterocycles. The first kappa shape index (κ1) is 16.6. The number of benzene rings is 1. The maximum Gasteiger partial charge on any atom is 0.146 e. The first-order chi connectivity index (χ1) is 10.1. The van der Waals surface area contributed by atoms with Gasteiger partial charge < -0.3 is 10.6 Å². The number of aromatic nitrogens is 3. The molecule has 0 aliphatic carbocycles. The predicted octanol–water partition coefficient (Wildman–Crippen LogP) is 2.89. The van der Waals surface area contributed by atoms with Gasteiger partial charge in [-0.2, -0.15) is 5.10 Å². The van der Waals surface area contributed by atoms with Crippen molar-refractivity contribution in [2.45, 2.75) is 39.8 Å². The summed E-state index contributed by atoms with van der Waals surface area (Å²) in [6.07, 6.45) is 3.86. The quantitative estimate of drug-likeness (QED) is 0.880. The molecule has 6 heteroatoms. The average Bonchev–Trinajstić information content (AvgIpc) is 2.86. The third-order valence-electron chi connectivity index (χ3n) is 3.95. The van der Waals surface area contributed by atoms with Crippen LogP contribution < -0.4 is 10.6 Å². The van der Waals surface area contributed by atoms with Gasteiger partial charge in [-0.05, 0) is 36.5 Å². The summed E-state index contributed by atoms with van der Waals surface area (Å²) in [4.78, 5) is 6.81. The van der Waals surface area contributed by atoms with Crippen LogP contribution in [0.15, 0.2) is 24.5 Å². The SMILES string of the molecule is CC(C)Cn1ncnc1CN1CCCc2c(N)cccc21.Cl. The maximum absolute atomic E-state index is 6.11. The van der Waals surface area contributed by atoms with E-state index in [1.165, 1.54) is 11.3 Å². The van der Waals surface area contributed by atoms with Crippen molar-refractivity contribution in [3.8, 4) is 0 Å². The second-order valence-corrected chi connectivity index (χ2v) is 6.12. The van der Waals surface area contributed by atoms with Crippen molar-refractivity contribution in [1.82, 2.24) is 14.8 Å². The molecule has 1 aromatic heterocycles. The maximum atomic E-state index is 6.11. The molecule has 120 valence electrons. The smallest absolute Gasteiger partial charge is 0.146 e. The lowest BCUT2D eigenvalue weighted by Crippen LogP contribution is -2.31. The highest BCUT2D eigenvalue weighted by atomic mass is 35.5. The Morgan fingerprint density at radius 1 is 1.32 bits per heavy atom. The molecule has 0 bridgehead atoms. The molecular weight excluding hydrogens is 298 g/mol. The second kappa shape index (κ2) is 7.01. The van der Waals surface area contributed by atoms with Crippen LogP contribution in [0.4, 0.5) is 11.4 Å². The fourth-order valence-corrected chi connectivity index (χ4v) is 2.97. The summed E-state index contributed by atoms with van der Waals surface area (Å²) in [6, 6.07) is 6.18. The number of hydrogen-bond acceptors (Lipinski definition) is 4. The number of nitrogens with two attached hydrogens (primary N) is 1. The average molecular weight is 322 g/mol. The summed E-state index contributed by atoms with van der Waals surface area (Å²) in [6.45, 7) is 7.14. The Morgan fingerprint density at radius 2 is 2.14 bits per heavy atom. The molecule has 5 nitrogen and oxygen atoms in total. The molecule has 1 aliphatic rings. The molecule has 2 heterocycles. The number of halogens is 1. The topological polar surface area (TPSA) is 60.0 Å². The van der Waals surface area contributed by atoms with Crippen LogP contribution in [0.3, 0.4) is 0 Å². The van der Waals surface area contributed by atoms with Crippen LogP contribution >= 0.6 is 12.4 Å². The van der Waals surface area contributed by atoms with Crippen molar-refractivity contribution in [3.05, 3.63) is 35.9 Å². The second-order valence-electron chi connectivity index (χ2n) is 6.12. The van der Waals surface area contributed by atoms with E-state index in [1.807, 2.05) is 16.8 Å². The fraction of sp³-hybridized carbons (Fsp3) is 0.500. The van der Waals surface area contributed by atoms with Gasteiger partial charge in [0, 0.05) is 24.5 Å². The Hall–Kier alpha value is -1.75. The molecule has 0 saturated carbocycles. The monoisotopic (exact) mass is 321 g/mol. The minimum absolute atomic E-state index is 0. The molecular formula is C16H24ClN5. The van der Waals surface area contributed by atoms with E-state index in [1.54, 1.807) is 6.33 Å². The Balaban J connectivity index is 0.00000176. The lowest BCUT2D eigenvalue weighted by atomic mass is 10.00. The van der Waals surface area contributed by atoms with Gasteiger partial charge in [0.15, 0.2) is 0 Å². The van der Waals surface area contributed by atoms with Gasteiger partial charge in [0.25, 0.3) is 0 Å². The van der Waals surface area contributed by atoms with Crippen molar-refractivity contribution < 1.29 is 0 Å². The molecule has 0 radical (unpaired) electrons. The van der Waals surface area contributed by atoms with Gasteiger partial charge in [-0.25, -0.2) is 9.67 Å². The van der Waals surface area contributed by atoms with Gasteiger partial charge in [-0.15, -0.1) is 12.4 Å². The zero-order valence-electron chi connectivity index (χ0n) is 13.2. The van der Waals surface area contributed by atoms with E-state index in [2.05, 4.69) is 34.9 Å². The van der Waals surface area contributed by atoms with E-state index < -0.39 is 0 Å². The first-order valence-electron chi connectivity index (χ1n) is 7.64. The summed E-state index contributed by atoms with van der Waals surface area (Å²) < 4.78 is 2.02. The molecule has 0 spiro atoms. The van der Waals surface area contributed by atoms with E-state index in [0.717, 1.165) is 44.0 Å². The Morgan fingerprint density at radius 3 is 2.91 bits per heavy atom. The lowest BCUT2D eigenvalue weighted by Gasteiger charge is -2.31. The van der Waals surface area contributed by atoms with Crippen LogP contribution in [-0.2, 0) is 19.5 Å². The molecule has 2 aromatic rings. The summed E-state index contributed by atoms with van der Waals surface area (Å²) >= 11 is 0. The van der Waals surface area contributed by atoms with Gasteiger partial charge in [0.2, 0.25) is 0 Å². The van der Waals surface area contributed by atoms with Gasteiger partial charge in [-0.3, -0.25) is 0 Å². The highest BCUT2D eigenvalue weighted by Crippen LogP contribution is 2.31. The van der Waals surface area contributed by atoms with Crippen molar-refractivity contribution >= 4 is 23.8 Å². The van der Waals surface area contributed by atoms with Crippen LogP contribution in [0.1, 0.15) is 31.7 Å². The number of nitrogen functional groups attached to an aromatic ring is 1.